The van der Waals surface area contributed by atoms with E-state index in [1.165, 1.54) is 41.4 Å². The van der Waals surface area contributed by atoms with E-state index in [9.17, 15) is 0 Å². The number of nitrogens with zero attached hydrogens (tertiary/aromatic N) is 2. The second-order valence-electron chi connectivity index (χ2n) is 6.42. The minimum atomic E-state index is 0.687. The fourth-order valence-corrected chi connectivity index (χ4v) is 3.78. The predicted octanol–water partition coefficient (Wildman–Crippen LogP) is 3.36. The Morgan fingerprint density at radius 1 is 1.35 bits per heavy atom. The SMILES string of the molecule is Cc1nc(CN2CCCCC2CNCC(C)C)sc1C. The molecule has 1 aliphatic heterocycles. The van der Waals surface area contributed by atoms with E-state index in [1.54, 1.807) is 0 Å². The summed E-state index contributed by atoms with van der Waals surface area (Å²) < 4.78 is 0. The van der Waals surface area contributed by atoms with Gasteiger partial charge < -0.3 is 5.32 Å². The summed E-state index contributed by atoms with van der Waals surface area (Å²) in [4.78, 5) is 8.70. The maximum absolute atomic E-state index is 4.70. The number of hydrogen-bond donors (Lipinski definition) is 1. The first kappa shape index (κ1) is 15.9. The topological polar surface area (TPSA) is 28.2 Å². The van der Waals surface area contributed by atoms with Gasteiger partial charge in [0.1, 0.15) is 5.01 Å². The molecule has 1 fully saturated rings. The molecule has 3 nitrogen and oxygen atoms in total. The van der Waals surface area contributed by atoms with E-state index in [1.807, 2.05) is 11.3 Å². The quantitative estimate of drug-likeness (QED) is 0.872. The van der Waals surface area contributed by atoms with Crippen molar-refractivity contribution in [2.75, 3.05) is 19.6 Å². The van der Waals surface area contributed by atoms with Crippen LogP contribution in [0.4, 0.5) is 0 Å². The third-order valence-electron chi connectivity index (χ3n) is 4.09. The molecule has 1 unspecified atom stereocenters. The Bertz CT molecular complexity index is 394. The summed E-state index contributed by atoms with van der Waals surface area (Å²) in [5, 5.41) is 4.92. The third-order valence-corrected chi connectivity index (χ3v) is 5.15. The molecule has 1 N–H and O–H groups in total. The number of likely N-dealkylation sites (tertiary alicyclic amines) is 1. The molecule has 1 saturated heterocycles. The molecule has 0 saturated carbocycles. The average Bonchev–Trinajstić information content (AvgIpc) is 2.70. The molecular weight excluding hydrogens is 266 g/mol. The van der Waals surface area contributed by atoms with Crippen molar-refractivity contribution in [3.8, 4) is 0 Å². The van der Waals surface area contributed by atoms with Gasteiger partial charge >= 0.3 is 0 Å². The number of thiazole rings is 1. The fraction of sp³-hybridized carbons (Fsp3) is 0.812. The van der Waals surface area contributed by atoms with E-state index in [0.717, 1.165) is 25.6 Å². The van der Waals surface area contributed by atoms with E-state index >= 15 is 0 Å². The number of rotatable bonds is 6. The number of piperidine rings is 1. The van der Waals surface area contributed by atoms with E-state index in [-0.39, 0.29) is 0 Å². The molecule has 114 valence electrons. The van der Waals surface area contributed by atoms with Crippen LogP contribution in [0.3, 0.4) is 0 Å². The molecule has 4 heteroatoms. The first-order valence-corrected chi connectivity index (χ1v) is 8.75. The van der Waals surface area contributed by atoms with Crippen LogP contribution in [0.15, 0.2) is 0 Å². The number of nitrogens with one attached hydrogen (secondary N) is 1. The average molecular weight is 295 g/mol. The predicted molar refractivity (Wildman–Crippen MR) is 87.3 cm³/mol. The van der Waals surface area contributed by atoms with E-state index in [2.05, 4.69) is 37.9 Å². The zero-order chi connectivity index (χ0) is 14.5. The smallest absolute Gasteiger partial charge is 0.107 e. The largest absolute Gasteiger partial charge is 0.315 e. The Morgan fingerprint density at radius 3 is 2.80 bits per heavy atom. The molecule has 1 aliphatic rings. The molecule has 0 bridgehead atoms. The highest BCUT2D eigenvalue weighted by molar-refractivity contribution is 7.11. The molecular formula is C16H29N3S. The Kier molecular flexibility index (Phi) is 6.00. The lowest BCUT2D eigenvalue weighted by Crippen LogP contribution is -2.45. The van der Waals surface area contributed by atoms with Crippen molar-refractivity contribution in [3.05, 3.63) is 15.6 Å². The monoisotopic (exact) mass is 295 g/mol. The van der Waals surface area contributed by atoms with Crippen LogP contribution >= 0.6 is 11.3 Å². The van der Waals surface area contributed by atoms with Crippen LogP contribution in [0, 0.1) is 19.8 Å². The molecule has 0 aliphatic carbocycles. The van der Waals surface area contributed by atoms with Crippen molar-refractivity contribution in [1.29, 1.82) is 0 Å². The lowest BCUT2D eigenvalue weighted by atomic mass is 10.0. The van der Waals surface area contributed by atoms with E-state index in [4.69, 9.17) is 4.98 Å². The maximum atomic E-state index is 4.70. The van der Waals surface area contributed by atoms with Gasteiger partial charge in [0.05, 0.1) is 12.2 Å². The lowest BCUT2D eigenvalue weighted by molar-refractivity contribution is 0.136. The van der Waals surface area contributed by atoms with Crippen LogP contribution in [0.2, 0.25) is 0 Å². The van der Waals surface area contributed by atoms with Gasteiger partial charge in [-0.2, -0.15) is 0 Å². The summed E-state index contributed by atoms with van der Waals surface area (Å²) in [5.74, 6) is 0.733. The Labute approximate surface area is 127 Å². The van der Waals surface area contributed by atoms with Gasteiger partial charge in [-0.3, -0.25) is 4.90 Å². The van der Waals surface area contributed by atoms with Crippen LogP contribution in [0.5, 0.6) is 0 Å². The molecule has 2 heterocycles. The molecule has 2 rings (SSSR count). The summed E-state index contributed by atoms with van der Waals surface area (Å²) in [5.41, 5.74) is 1.21. The van der Waals surface area contributed by atoms with E-state index in [0.29, 0.717) is 6.04 Å². The summed E-state index contributed by atoms with van der Waals surface area (Å²) in [6.07, 6.45) is 4.04. The molecule has 1 aromatic heterocycles. The minimum Gasteiger partial charge on any atom is -0.315 e. The highest BCUT2D eigenvalue weighted by Crippen LogP contribution is 2.23. The molecule has 0 aromatic carbocycles. The molecule has 20 heavy (non-hydrogen) atoms. The van der Waals surface area contributed by atoms with Crippen molar-refractivity contribution in [2.24, 2.45) is 5.92 Å². The summed E-state index contributed by atoms with van der Waals surface area (Å²) in [6, 6.07) is 0.687. The van der Waals surface area contributed by atoms with Gasteiger partial charge in [-0.15, -0.1) is 11.3 Å². The van der Waals surface area contributed by atoms with Crippen molar-refractivity contribution in [2.45, 2.75) is 59.5 Å². The summed E-state index contributed by atoms with van der Waals surface area (Å²) in [6.45, 7) is 13.3. The highest BCUT2D eigenvalue weighted by atomic mass is 32.1. The van der Waals surface area contributed by atoms with Gasteiger partial charge in [-0.25, -0.2) is 4.98 Å². The minimum absolute atomic E-state index is 0.687. The lowest BCUT2D eigenvalue weighted by Gasteiger charge is -2.35. The van der Waals surface area contributed by atoms with Gasteiger partial charge in [-0.1, -0.05) is 20.3 Å². The fourth-order valence-electron chi connectivity index (χ4n) is 2.82. The molecule has 1 atom stereocenters. The van der Waals surface area contributed by atoms with E-state index < -0.39 is 0 Å². The number of aryl methyl sites for hydroxylation is 2. The summed E-state index contributed by atoms with van der Waals surface area (Å²) >= 11 is 1.87. The standard InChI is InChI=1S/C16H29N3S/c1-12(2)9-17-10-15-7-5-6-8-19(15)11-16-18-13(3)14(4)20-16/h12,15,17H,5-11H2,1-4H3. The maximum Gasteiger partial charge on any atom is 0.107 e. The van der Waals surface area contributed by atoms with Crippen LogP contribution < -0.4 is 5.32 Å². The molecule has 0 radical (unpaired) electrons. The number of aromatic nitrogens is 1. The zero-order valence-electron chi connectivity index (χ0n) is 13.4. The molecule has 0 amide bonds. The normalized spacial score (nSPS) is 20.8. The summed E-state index contributed by atoms with van der Waals surface area (Å²) in [7, 11) is 0. The van der Waals surface area contributed by atoms with Crippen molar-refractivity contribution in [1.82, 2.24) is 15.2 Å². The van der Waals surface area contributed by atoms with Crippen molar-refractivity contribution in [3.63, 3.8) is 0 Å². The van der Waals surface area contributed by atoms with Crippen molar-refractivity contribution >= 4 is 11.3 Å². The van der Waals surface area contributed by atoms with Crippen molar-refractivity contribution < 1.29 is 0 Å². The first-order chi connectivity index (χ1) is 9.56. The molecule has 1 aromatic rings. The first-order valence-electron chi connectivity index (χ1n) is 7.94. The van der Waals surface area contributed by atoms with Crippen LogP contribution in [0.1, 0.15) is 48.7 Å². The van der Waals surface area contributed by atoms with Crippen LogP contribution in [-0.4, -0.2) is 35.6 Å². The molecule has 0 spiro atoms. The Balaban J connectivity index is 1.89. The Hall–Kier alpha value is -0.450. The zero-order valence-corrected chi connectivity index (χ0v) is 14.2. The van der Waals surface area contributed by atoms with Crippen LogP contribution in [0.25, 0.3) is 0 Å². The number of hydrogen-bond acceptors (Lipinski definition) is 4. The van der Waals surface area contributed by atoms with Gasteiger partial charge in [0.25, 0.3) is 0 Å². The van der Waals surface area contributed by atoms with Gasteiger partial charge in [0.2, 0.25) is 0 Å². The second-order valence-corrected chi connectivity index (χ2v) is 7.71. The Morgan fingerprint density at radius 2 is 2.15 bits per heavy atom. The highest BCUT2D eigenvalue weighted by Gasteiger charge is 2.23. The van der Waals surface area contributed by atoms with Gasteiger partial charge in [-0.05, 0) is 45.7 Å². The van der Waals surface area contributed by atoms with Crippen LogP contribution in [-0.2, 0) is 6.54 Å². The second kappa shape index (κ2) is 7.53. The van der Waals surface area contributed by atoms with Gasteiger partial charge in [0.15, 0.2) is 0 Å². The third kappa shape index (κ3) is 4.54. The van der Waals surface area contributed by atoms with Gasteiger partial charge in [0, 0.05) is 17.5 Å².